The van der Waals surface area contributed by atoms with Crippen molar-refractivity contribution in [3.63, 3.8) is 0 Å². The third-order valence-corrected chi connectivity index (χ3v) is 3.08. The average Bonchev–Trinajstić information content (AvgIpc) is 2.42. The van der Waals surface area contributed by atoms with E-state index in [-0.39, 0.29) is 5.75 Å². The van der Waals surface area contributed by atoms with Gasteiger partial charge in [-0.2, -0.15) is 5.10 Å². The number of halogens is 1. The quantitative estimate of drug-likeness (QED) is 0.309. The van der Waals surface area contributed by atoms with Gasteiger partial charge in [0.2, 0.25) is 0 Å². The molecule has 1 aromatic carbocycles. The van der Waals surface area contributed by atoms with Gasteiger partial charge in [-0.05, 0) is 45.8 Å². The molecule has 0 fully saturated rings. The third-order valence-electron chi connectivity index (χ3n) is 2.24. The maximum atomic E-state index is 9.68. The van der Waals surface area contributed by atoms with Gasteiger partial charge in [0, 0.05) is 13.7 Å². The van der Waals surface area contributed by atoms with Crippen LogP contribution in [0.2, 0.25) is 0 Å². The van der Waals surface area contributed by atoms with E-state index in [0.29, 0.717) is 28.5 Å². The zero-order valence-corrected chi connectivity index (χ0v) is 13.5. The molecular formula is C12H16BrN3O3S. The lowest BCUT2D eigenvalue weighted by Gasteiger charge is -2.07. The number of phenolic OH excluding ortho intramolecular Hbond substituents is 1. The van der Waals surface area contributed by atoms with Crippen molar-refractivity contribution in [3.8, 4) is 11.5 Å². The SMILES string of the molecule is COCCNC(=S)NN=Cc1cc(Br)c(O)c(OC)c1. The highest BCUT2D eigenvalue weighted by molar-refractivity contribution is 9.10. The number of hydrogen-bond acceptors (Lipinski definition) is 5. The number of hydrogen-bond donors (Lipinski definition) is 3. The van der Waals surface area contributed by atoms with Crippen LogP contribution in [-0.2, 0) is 4.74 Å². The number of rotatable bonds is 6. The molecule has 0 bridgehead atoms. The average molecular weight is 362 g/mol. The number of methoxy groups -OCH3 is 2. The molecule has 0 saturated carbocycles. The monoisotopic (exact) mass is 361 g/mol. The maximum absolute atomic E-state index is 9.68. The minimum Gasteiger partial charge on any atom is -0.503 e. The van der Waals surface area contributed by atoms with Crippen LogP contribution in [0.3, 0.4) is 0 Å². The van der Waals surface area contributed by atoms with Crippen molar-refractivity contribution in [1.82, 2.24) is 10.7 Å². The van der Waals surface area contributed by atoms with Crippen LogP contribution in [0.1, 0.15) is 5.56 Å². The minimum atomic E-state index is 0.0503. The molecule has 0 heterocycles. The second kappa shape index (κ2) is 8.72. The van der Waals surface area contributed by atoms with E-state index >= 15 is 0 Å². The van der Waals surface area contributed by atoms with E-state index in [2.05, 4.69) is 31.8 Å². The number of hydrazone groups is 1. The Morgan fingerprint density at radius 2 is 2.25 bits per heavy atom. The summed E-state index contributed by atoms with van der Waals surface area (Å²) in [7, 11) is 3.10. The molecule has 3 N–H and O–H groups in total. The molecule has 0 atom stereocenters. The van der Waals surface area contributed by atoms with Gasteiger partial charge in [-0.1, -0.05) is 0 Å². The molecule has 6 nitrogen and oxygen atoms in total. The molecule has 0 spiro atoms. The zero-order valence-electron chi connectivity index (χ0n) is 11.1. The van der Waals surface area contributed by atoms with Crippen LogP contribution >= 0.6 is 28.1 Å². The van der Waals surface area contributed by atoms with Crippen molar-refractivity contribution in [1.29, 1.82) is 0 Å². The van der Waals surface area contributed by atoms with Crippen molar-refractivity contribution in [2.75, 3.05) is 27.4 Å². The largest absolute Gasteiger partial charge is 0.503 e. The van der Waals surface area contributed by atoms with Gasteiger partial charge in [0.05, 0.1) is 24.4 Å². The van der Waals surface area contributed by atoms with Gasteiger partial charge in [-0.25, -0.2) is 0 Å². The Morgan fingerprint density at radius 3 is 2.90 bits per heavy atom. The predicted octanol–water partition coefficient (Wildman–Crippen LogP) is 1.61. The molecule has 1 aromatic rings. The molecule has 1 rings (SSSR count). The van der Waals surface area contributed by atoms with E-state index in [1.807, 2.05) is 0 Å². The van der Waals surface area contributed by atoms with Crippen molar-refractivity contribution in [2.45, 2.75) is 0 Å². The van der Waals surface area contributed by atoms with Crippen molar-refractivity contribution in [3.05, 3.63) is 22.2 Å². The summed E-state index contributed by atoms with van der Waals surface area (Å²) in [5.74, 6) is 0.413. The van der Waals surface area contributed by atoms with Crippen molar-refractivity contribution in [2.24, 2.45) is 5.10 Å². The number of aromatic hydroxyl groups is 1. The third kappa shape index (κ3) is 5.32. The summed E-state index contributed by atoms with van der Waals surface area (Å²) >= 11 is 8.25. The maximum Gasteiger partial charge on any atom is 0.187 e. The Balaban J connectivity index is 2.58. The normalized spacial score (nSPS) is 10.6. The van der Waals surface area contributed by atoms with Crippen LogP contribution in [0.15, 0.2) is 21.7 Å². The second-order valence-electron chi connectivity index (χ2n) is 3.67. The molecule has 0 amide bonds. The van der Waals surface area contributed by atoms with Crippen LogP contribution in [-0.4, -0.2) is 43.8 Å². The summed E-state index contributed by atoms with van der Waals surface area (Å²) in [6, 6.07) is 3.37. The van der Waals surface area contributed by atoms with E-state index in [1.54, 1.807) is 25.5 Å². The lowest BCUT2D eigenvalue weighted by molar-refractivity contribution is 0.204. The smallest absolute Gasteiger partial charge is 0.187 e. The van der Waals surface area contributed by atoms with E-state index in [4.69, 9.17) is 21.7 Å². The molecule has 20 heavy (non-hydrogen) atoms. The molecule has 0 radical (unpaired) electrons. The number of thiocarbonyl (C=S) groups is 1. The Hall–Kier alpha value is -1.38. The van der Waals surface area contributed by atoms with Gasteiger partial charge in [-0.3, -0.25) is 5.43 Å². The molecule has 8 heteroatoms. The Bertz CT molecular complexity index is 497. The summed E-state index contributed by atoms with van der Waals surface area (Å²) in [6.45, 7) is 1.17. The van der Waals surface area contributed by atoms with Crippen molar-refractivity contribution >= 4 is 39.5 Å². The summed E-state index contributed by atoms with van der Waals surface area (Å²) in [5, 5.41) is 17.0. The highest BCUT2D eigenvalue weighted by Gasteiger charge is 2.07. The highest BCUT2D eigenvalue weighted by Crippen LogP contribution is 2.34. The molecule has 0 aliphatic rings. The number of nitrogens with zero attached hydrogens (tertiary/aromatic N) is 1. The molecule has 0 unspecified atom stereocenters. The van der Waals surface area contributed by atoms with Crippen LogP contribution in [0.5, 0.6) is 11.5 Å². The Labute approximate surface area is 131 Å². The second-order valence-corrected chi connectivity index (χ2v) is 4.93. The van der Waals surface area contributed by atoms with E-state index in [9.17, 15) is 5.11 Å². The van der Waals surface area contributed by atoms with Gasteiger partial charge < -0.3 is 19.9 Å². The number of ether oxygens (including phenoxy) is 2. The van der Waals surface area contributed by atoms with Gasteiger partial charge in [0.15, 0.2) is 16.6 Å². The number of nitrogens with one attached hydrogen (secondary N) is 2. The van der Waals surface area contributed by atoms with Crippen LogP contribution in [0, 0.1) is 0 Å². The Morgan fingerprint density at radius 1 is 1.50 bits per heavy atom. The van der Waals surface area contributed by atoms with Gasteiger partial charge in [0.1, 0.15) is 0 Å². The van der Waals surface area contributed by atoms with E-state index in [1.165, 1.54) is 7.11 Å². The number of benzene rings is 1. The van der Waals surface area contributed by atoms with Crippen LogP contribution in [0.25, 0.3) is 0 Å². The first-order valence-electron chi connectivity index (χ1n) is 5.70. The van der Waals surface area contributed by atoms with Crippen molar-refractivity contribution < 1.29 is 14.6 Å². The topological polar surface area (TPSA) is 75.1 Å². The molecule has 110 valence electrons. The lowest BCUT2D eigenvalue weighted by Crippen LogP contribution is -2.34. The first-order chi connectivity index (χ1) is 9.58. The molecule has 0 aliphatic carbocycles. The van der Waals surface area contributed by atoms with Gasteiger partial charge >= 0.3 is 0 Å². The Kier molecular flexibility index (Phi) is 7.27. The standard InChI is InChI=1S/C12H16BrN3O3S/c1-18-4-3-14-12(20)16-15-7-8-5-9(13)11(17)10(6-8)19-2/h5-7,17H,3-4H2,1-2H3,(H2,14,16,20). The van der Waals surface area contributed by atoms with Gasteiger partial charge in [0.25, 0.3) is 0 Å². The predicted molar refractivity (Wildman–Crippen MR) is 85.6 cm³/mol. The fraction of sp³-hybridized carbons (Fsp3) is 0.333. The van der Waals surface area contributed by atoms with Crippen LogP contribution < -0.4 is 15.5 Å². The molecule has 0 aromatic heterocycles. The molecular weight excluding hydrogens is 346 g/mol. The van der Waals surface area contributed by atoms with Gasteiger partial charge in [-0.15, -0.1) is 0 Å². The molecule has 0 aliphatic heterocycles. The van der Waals surface area contributed by atoms with E-state index in [0.717, 1.165) is 5.56 Å². The molecule has 0 saturated heterocycles. The zero-order chi connectivity index (χ0) is 15.0. The lowest BCUT2D eigenvalue weighted by atomic mass is 10.2. The van der Waals surface area contributed by atoms with Crippen LogP contribution in [0.4, 0.5) is 0 Å². The summed E-state index contributed by atoms with van der Waals surface area (Å²) in [5.41, 5.74) is 3.43. The first kappa shape index (κ1) is 16.7. The summed E-state index contributed by atoms with van der Waals surface area (Å²) < 4.78 is 10.5. The van der Waals surface area contributed by atoms with E-state index < -0.39 is 0 Å². The fourth-order valence-corrected chi connectivity index (χ4v) is 1.91. The number of phenols is 1. The summed E-state index contributed by atoms with van der Waals surface area (Å²) in [4.78, 5) is 0. The minimum absolute atomic E-state index is 0.0503. The first-order valence-corrected chi connectivity index (χ1v) is 6.91. The fourth-order valence-electron chi connectivity index (χ4n) is 1.30. The summed E-state index contributed by atoms with van der Waals surface area (Å²) in [6.07, 6.45) is 1.57. The highest BCUT2D eigenvalue weighted by atomic mass is 79.9.